The SMILES string of the molecule is CCOP(OCC)OCCCCNC(=O)c1ccccc1OC/C=C(\C)CC/C=C(\C)CCC=C(C)C. The molecule has 1 amide bonds. The van der Waals surface area contributed by atoms with E-state index in [0.29, 0.717) is 44.3 Å². The Morgan fingerprint density at radius 2 is 1.51 bits per heavy atom. The third-order valence-corrected chi connectivity index (χ3v) is 6.78. The van der Waals surface area contributed by atoms with E-state index < -0.39 is 8.60 Å². The fraction of sp³-hybridized carbons (Fsp3) is 0.567. The molecule has 208 valence electrons. The van der Waals surface area contributed by atoms with Gasteiger partial charge in [-0.15, -0.1) is 0 Å². The molecule has 1 rings (SSSR count). The molecule has 0 bridgehead atoms. The molecule has 1 aromatic carbocycles. The molecule has 0 saturated heterocycles. The number of para-hydroxylation sites is 1. The molecule has 0 aliphatic rings. The average molecular weight is 534 g/mol. The Morgan fingerprint density at radius 1 is 0.865 bits per heavy atom. The molecule has 0 fully saturated rings. The molecule has 6 nitrogen and oxygen atoms in total. The highest BCUT2D eigenvalue weighted by Gasteiger charge is 2.12. The largest absolute Gasteiger partial charge is 0.489 e. The summed E-state index contributed by atoms with van der Waals surface area (Å²) in [5, 5.41) is 2.98. The minimum atomic E-state index is -1.27. The van der Waals surface area contributed by atoms with Crippen LogP contribution < -0.4 is 10.1 Å². The van der Waals surface area contributed by atoms with Gasteiger partial charge in [0.2, 0.25) is 0 Å². The number of carbonyl (C=O) groups is 1. The number of hydrogen-bond acceptors (Lipinski definition) is 5. The number of allylic oxidation sites excluding steroid dienone is 5. The fourth-order valence-corrected chi connectivity index (χ4v) is 4.30. The first-order valence-electron chi connectivity index (χ1n) is 13.5. The van der Waals surface area contributed by atoms with Gasteiger partial charge in [-0.1, -0.05) is 41.0 Å². The van der Waals surface area contributed by atoms with Crippen molar-refractivity contribution in [3.63, 3.8) is 0 Å². The highest BCUT2D eigenvalue weighted by atomic mass is 31.2. The van der Waals surface area contributed by atoms with Gasteiger partial charge in [0.05, 0.1) is 25.4 Å². The number of ether oxygens (including phenoxy) is 1. The summed E-state index contributed by atoms with van der Waals surface area (Å²) < 4.78 is 22.4. The van der Waals surface area contributed by atoms with E-state index >= 15 is 0 Å². The standard InChI is InChI=1S/C30H48NO5P/c1-7-34-37(35-8-2)36-23-12-11-22-31-30(32)28-19-9-10-20-29(28)33-24-21-27(6)18-14-17-26(5)16-13-15-25(3)4/h9-10,15,17,19-21H,7-8,11-14,16,18,22-24H2,1-6H3,(H,31,32)/b26-17+,27-21+. The van der Waals surface area contributed by atoms with Crippen molar-refractivity contribution in [2.75, 3.05) is 33.0 Å². The maximum Gasteiger partial charge on any atom is 0.332 e. The van der Waals surface area contributed by atoms with Crippen LogP contribution in [0.25, 0.3) is 0 Å². The number of hydrogen-bond donors (Lipinski definition) is 1. The highest BCUT2D eigenvalue weighted by molar-refractivity contribution is 7.41. The van der Waals surface area contributed by atoms with Crippen LogP contribution in [0.2, 0.25) is 0 Å². The van der Waals surface area contributed by atoms with Crippen molar-refractivity contribution in [3.05, 3.63) is 64.8 Å². The van der Waals surface area contributed by atoms with E-state index in [1.165, 1.54) is 16.7 Å². The zero-order chi connectivity index (χ0) is 27.3. The van der Waals surface area contributed by atoms with Crippen molar-refractivity contribution >= 4 is 14.5 Å². The van der Waals surface area contributed by atoms with Crippen LogP contribution in [0.3, 0.4) is 0 Å². The lowest BCUT2D eigenvalue weighted by Gasteiger charge is -2.14. The van der Waals surface area contributed by atoms with E-state index in [4.69, 9.17) is 18.3 Å². The van der Waals surface area contributed by atoms with Crippen LogP contribution in [0.15, 0.2) is 59.2 Å². The van der Waals surface area contributed by atoms with Gasteiger partial charge in [0.1, 0.15) is 12.4 Å². The zero-order valence-electron chi connectivity index (χ0n) is 23.8. The summed E-state index contributed by atoms with van der Waals surface area (Å²) in [6, 6.07) is 7.38. The summed E-state index contributed by atoms with van der Waals surface area (Å²) in [4.78, 5) is 12.7. The van der Waals surface area contributed by atoms with Gasteiger partial charge in [0.15, 0.2) is 0 Å². The average Bonchev–Trinajstić information content (AvgIpc) is 2.86. The summed E-state index contributed by atoms with van der Waals surface area (Å²) in [7, 11) is -1.27. The van der Waals surface area contributed by atoms with Crippen molar-refractivity contribution in [2.45, 2.75) is 80.1 Å². The van der Waals surface area contributed by atoms with Crippen LogP contribution in [-0.2, 0) is 13.6 Å². The molecule has 0 unspecified atom stereocenters. The van der Waals surface area contributed by atoms with Crippen LogP contribution in [0.4, 0.5) is 0 Å². The molecular formula is C30H48NO5P. The van der Waals surface area contributed by atoms with Gasteiger partial charge < -0.3 is 23.6 Å². The third-order valence-electron chi connectivity index (χ3n) is 5.45. The van der Waals surface area contributed by atoms with Crippen LogP contribution in [0.5, 0.6) is 5.75 Å². The maximum absolute atomic E-state index is 12.7. The molecule has 37 heavy (non-hydrogen) atoms. The zero-order valence-corrected chi connectivity index (χ0v) is 24.7. The molecule has 1 N–H and O–H groups in total. The van der Waals surface area contributed by atoms with Crippen LogP contribution in [-0.4, -0.2) is 38.9 Å². The first-order valence-corrected chi connectivity index (χ1v) is 14.6. The Labute approximate surface area is 226 Å². The molecule has 0 aliphatic carbocycles. The summed E-state index contributed by atoms with van der Waals surface area (Å²) in [6.45, 7) is 15.1. The third kappa shape index (κ3) is 16.5. The van der Waals surface area contributed by atoms with E-state index in [-0.39, 0.29) is 5.91 Å². The number of rotatable bonds is 20. The summed E-state index contributed by atoms with van der Waals surface area (Å²) >= 11 is 0. The molecule has 0 saturated carbocycles. The van der Waals surface area contributed by atoms with Gasteiger partial charge >= 0.3 is 8.60 Å². The molecule has 0 radical (unpaired) electrons. The number of amides is 1. The predicted molar refractivity (Wildman–Crippen MR) is 155 cm³/mol. The van der Waals surface area contributed by atoms with Crippen molar-refractivity contribution in [1.29, 1.82) is 0 Å². The Hall–Kier alpha value is -1.98. The Balaban J connectivity index is 2.39. The first kappa shape index (κ1) is 33.0. The summed E-state index contributed by atoms with van der Waals surface area (Å²) in [5.41, 5.74) is 4.66. The van der Waals surface area contributed by atoms with Crippen LogP contribution >= 0.6 is 8.60 Å². The minimum absolute atomic E-state index is 0.128. The summed E-state index contributed by atoms with van der Waals surface area (Å²) in [6.07, 6.45) is 12.6. The van der Waals surface area contributed by atoms with E-state index in [1.54, 1.807) is 6.07 Å². The fourth-order valence-electron chi connectivity index (χ4n) is 3.38. The lowest BCUT2D eigenvalue weighted by atomic mass is 10.1. The van der Waals surface area contributed by atoms with Gasteiger partial charge in [-0.3, -0.25) is 4.79 Å². The second-order valence-electron chi connectivity index (χ2n) is 9.12. The molecule has 1 aromatic rings. The Kier molecular flexibility index (Phi) is 18.8. The quantitative estimate of drug-likeness (QED) is 0.104. The molecule has 0 spiro atoms. The molecule has 0 aromatic heterocycles. The monoisotopic (exact) mass is 533 g/mol. The molecule has 0 atom stereocenters. The minimum Gasteiger partial charge on any atom is -0.489 e. The van der Waals surface area contributed by atoms with Crippen LogP contribution in [0, 0.1) is 0 Å². The topological polar surface area (TPSA) is 66.0 Å². The van der Waals surface area contributed by atoms with Gasteiger partial charge in [-0.2, -0.15) is 0 Å². The van der Waals surface area contributed by atoms with Gasteiger partial charge in [0, 0.05) is 6.54 Å². The summed E-state index contributed by atoms with van der Waals surface area (Å²) in [5.74, 6) is 0.471. The maximum atomic E-state index is 12.7. The molecule has 0 heterocycles. The van der Waals surface area contributed by atoms with E-state index in [2.05, 4.69) is 51.2 Å². The number of carbonyl (C=O) groups excluding carboxylic acids is 1. The normalized spacial score (nSPS) is 12.1. The van der Waals surface area contributed by atoms with Crippen molar-refractivity contribution in [1.82, 2.24) is 5.32 Å². The second kappa shape index (κ2) is 21.0. The van der Waals surface area contributed by atoms with Crippen molar-refractivity contribution in [2.24, 2.45) is 0 Å². The number of unbranched alkanes of at least 4 members (excludes halogenated alkanes) is 1. The molecule has 0 aliphatic heterocycles. The van der Waals surface area contributed by atoms with E-state index in [0.717, 1.165) is 38.5 Å². The Morgan fingerprint density at radius 3 is 2.19 bits per heavy atom. The molecule has 7 heteroatoms. The van der Waals surface area contributed by atoms with Crippen molar-refractivity contribution in [3.8, 4) is 5.75 Å². The van der Waals surface area contributed by atoms with E-state index in [9.17, 15) is 4.79 Å². The van der Waals surface area contributed by atoms with Gasteiger partial charge in [-0.05, 0) is 98.3 Å². The van der Waals surface area contributed by atoms with Gasteiger partial charge in [0.25, 0.3) is 5.91 Å². The predicted octanol–water partition coefficient (Wildman–Crippen LogP) is 8.31. The van der Waals surface area contributed by atoms with Crippen LogP contribution in [0.1, 0.15) is 90.4 Å². The molecular weight excluding hydrogens is 485 g/mol. The lowest BCUT2D eigenvalue weighted by molar-refractivity contribution is 0.0948. The lowest BCUT2D eigenvalue weighted by Crippen LogP contribution is -2.25. The smallest absolute Gasteiger partial charge is 0.332 e. The first-order chi connectivity index (χ1) is 17.9. The second-order valence-corrected chi connectivity index (χ2v) is 10.3. The van der Waals surface area contributed by atoms with E-state index in [1.807, 2.05) is 32.0 Å². The Bertz CT molecular complexity index is 855. The van der Waals surface area contributed by atoms with Crippen molar-refractivity contribution < 1.29 is 23.1 Å². The number of benzene rings is 1. The van der Waals surface area contributed by atoms with Gasteiger partial charge in [-0.25, -0.2) is 0 Å². The highest BCUT2D eigenvalue weighted by Crippen LogP contribution is 2.39. The number of nitrogens with one attached hydrogen (secondary N) is 1.